The summed E-state index contributed by atoms with van der Waals surface area (Å²) in [6.07, 6.45) is 1.71. The summed E-state index contributed by atoms with van der Waals surface area (Å²) >= 11 is 1.33. The average molecular weight is 326 g/mol. The maximum atomic E-state index is 12.0. The Morgan fingerprint density at radius 1 is 1.09 bits per heavy atom. The lowest BCUT2D eigenvalue weighted by Crippen LogP contribution is -2.19. The highest BCUT2D eigenvalue weighted by molar-refractivity contribution is 7.09. The zero-order chi connectivity index (χ0) is 16.1. The van der Waals surface area contributed by atoms with Crippen LogP contribution in [0.5, 0.6) is 5.75 Å². The predicted octanol–water partition coefficient (Wildman–Crippen LogP) is 3.86. The predicted molar refractivity (Wildman–Crippen MR) is 91.0 cm³/mol. The van der Waals surface area contributed by atoms with Crippen LogP contribution in [0.1, 0.15) is 0 Å². The number of hydrogen-bond donors (Lipinski definition) is 2. The van der Waals surface area contributed by atoms with Gasteiger partial charge >= 0.3 is 6.03 Å². The number of benzene rings is 2. The molecule has 3 aromatic rings. The lowest BCUT2D eigenvalue weighted by atomic mass is 10.2. The van der Waals surface area contributed by atoms with Crippen LogP contribution in [0.15, 0.2) is 54.7 Å². The first kappa shape index (κ1) is 15.0. The smallest absolute Gasteiger partial charge is 0.323 e. The Morgan fingerprint density at radius 2 is 1.87 bits per heavy atom. The lowest BCUT2D eigenvalue weighted by Gasteiger charge is -2.09. The molecule has 2 N–H and O–H groups in total. The highest BCUT2D eigenvalue weighted by Gasteiger charge is 2.05. The molecule has 0 saturated heterocycles. The van der Waals surface area contributed by atoms with Crippen LogP contribution in [-0.2, 0) is 0 Å². The third-order valence-electron chi connectivity index (χ3n) is 3.12. The van der Waals surface area contributed by atoms with Crippen molar-refractivity contribution in [2.45, 2.75) is 0 Å². The van der Waals surface area contributed by atoms with Crippen LogP contribution in [-0.4, -0.2) is 22.7 Å². The lowest BCUT2D eigenvalue weighted by molar-refractivity contribution is 0.262. The van der Waals surface area contributed by atoms with Crippen molar-refractivity contribution in [3.05, 3.63) is 54.7 Å². The molecular formula is C16H14N4O2S. The maximum absolute atomic E-state index is 12.0. The molecule has 0 aliphatic rings. The van der Waals surface area contributed by atoms with Gasteiger partial charge in [0.1, 0.15) is 5.75 Å². The van der Waals surface area contributed by atoms with Crippen LogP contribution in [0.3, 0.4) is 0 Å². The van der Waals surface area contributed by atoms with Crippen LogP contribution < -0.4 is 15.4 Å². The fourth-order valence-corrected chi connectivity index (χ4v) is 2.52. The molecule has 7 heteroatoms. The van der Waals surface area contributed by atoms with E-state index in [1.54, 1.807) is 25.4 Å². The molecule has 0 radical (unpaired) electrons. The monoisotopic (exact) mass is 326 g/mol. The van der Waals surface area contributed by atoms with Crippen LogP contribution in [0.25, 0.3) is 10.4 Å². The number of rotatable bonds is 4. The normalized spacial score (nSPS) is 10.1. The van der Waals surface area contributed by atoms with E-state index < -0.39 is 0 Å². The second-order valence-electron chi connectivity index (χ2n) is 4.67. The van der Waals surface area contributed by atoms with Gasteiger partial charge in [0.2, 0.25) is 0 Å². The van der Waals surface area contributed by atoms with E-state index in [1.165, 1.54) is 11.5 Å². The first-order valence-corrected chi connectivity index (χ1v) is 7.62. The van der Waals surface area contributed by atoms with Crippen LogP contribution in [0, 0.1) is 0 Å². The number of aromatic nitrogens is 2. The maximum Gasteiger partial charge on any atom is 0.323 e. The van der Waals surface area contributed by atoms with Gasteiger partial charge < -0.3 is 15.4 Å². The molecular weight excluding hydrogens is 312 g/mol. The second kappa shape index (κ2) is 6.89. The number of amides is 2. The molecule has 0 saturated carbocycles. The summed E-state index contributed by atoms with van der Waals surface area (Å²) in [5.74, 6) is 0.685. The van der Waals surface area contributed by atoms with E-state index in [4.69, 9.17) is 4.74 Å². The minimum absolute atomic E-state index is 0.314. The van der Waals surface area contributed by atoms with E-state index in [9.17, 15) is 4.79 Å². The highest BCUT2D eigenvalue weighted by Crippen LogP contribution is 2.23. The molecule has 23 heavy (non-hydrogen) atoms. The molecule has 0 unspecified atom stereocenters. The minimum Gasteiger partial charge on any atom is -0.497 e. The second-order valence-corrected chi connectivity index (χ2v) is 5.46. The van der Waals surface area contributed by atoms with Crippen LogP contribution in [0.4, 0.5) is 16.2 Å². The zero-order valence-electron chi connectivity index (χ0n) is 12.3. The molecule has 0 atom stereocenters. The van der Waals surface area contributed by atoms with Gasteiger partial charge in [-0.2, -0.15) is 0 Å². The van der Waals surface area contributed by atoms with Gasteiger partial charge in [0, 0.05) is 17.4 Å². The van der Waals surface area contributed by atoms with Crippen molar-refractivity contribution < 1.29 is 9.53 Å². The van der Waals surface area contributed by atoms with E-state index in [0.717, 1.165) is 10.4 Å². The Balaban J connectivity index is 1.63. The molecule has 116 valence electrons. The number of urea groups is 1. The molecule has 2 amide bonds. The third kappa shape index (κ3) is 3.83. The first-order valence-electron chi connectivity index (χ1n) is 6.84. The Kier molecular flexibility index (Phi) is 4.49. The molecule has 0 fully saturated rings. The van der Waals surface area contributed by atoms with Gasteiger partial charge in [0.15, 0.2) is 0 Å². The summed E-state index contributed by atoms with van der Waals surface area (Å²) in [6, 6.07) is 14.3. The van der Waals surface area contributed by atoms with Crippen molar-refractivity contribution in [2.24, 2.45) is 0 Å². The van der Waals surface area contributed by atoms with E-state index in [-0.39, 0.29) is 6.03 Å². The number of carbonyl (C=O) groups is 1. The van der Waals surface area contributed by atoms with Gasteiger partial charge in [0.25, 0.3) is 0 Å². The van der Waals surface area contributed by atoms with Crippen molar-refractivity contribution in [1.29, 1.82) is 0 Å². The average Bonchev–Trinajstić information content (AvgIpc) is 3.10. The SMILES string of the molecule is COc1cccc(NC(=O)Nc2ccc(-c3cnns3)cc2)c1. The number of anilines is 2. The third-order valence-corrected chi connectivity index (χ3v) is 3.83. The van der Waals surface area contributed by atoms with Crippen molar-refractivity contribution >= 4 is 28.9 Å². The van der Waals surface area contributed by atoms with Crippen molar-refractivity contribution in [2.75, 3.05) is 17.7 Å². The fraction of sp³-hybridized carbons (Fsp3) is 0.0625. The molecule has 2 aromatic carbocycles. The van der Waals surface area contributed by atoms with E-state index in [0.29, 0.717) is 17.1 Å². The van der Waals surface area contributed by atoms with Gasteiger partial charge in [0.05, 0.1) is 18.2 Å². The van der Waals surface area contributed by atoms with Gasteiger partial charge in [-0.05, 0) is 41.4 Å². The van der Waals surface area contributed by atoms with E-state index in [1.807, 2.05) is 36.4 Å². The molecule has 1 heterocycles. The van der Waals surface area contributed by atoms with Crippen molar-refractivity contribution in [1.82, 2.24) is 9.59 Å². The molecule has 0 aliphatic carbocycles. The van der Waals surface area contributed by atoms with Gasteiger partial charge in [-0.3, -0.25) is 0 Å². The molecule has 6 nitrogen and oxygen atoms in total. The summed E-state index contributed by atoms with van der Waals surface area (Å²) < 4.78 is 8.95. The topological polar surface area (TPSA) is 76.1 Å². The minimum atomic E-state index is -0.314. The van der Waals surface area contributed by atoms with E-state index >= 15 is 0 Å². The largest absolute Gasteiger partial charge is 0.497 e. The summed E-state index contributed by atoms with van der Waals surface area (Å²) in [4.78, 5) is 13.0. The number of carbonyl (C=O) groups excluding carboxylic acids is 1. The number of ether oxygens (including phenoxy) is 1. The van der Waals surface area contributed by atoms with Crippen molar-refractivity contribution in [3.63, 3.8) is 0 Å². The zero-order valence-corrected chi connectivity index (χ0v) is 13.1. The number of hydrogen-bond acceptors (Lipinski definition) is 5. The Hall–Kier alpha value is -2.93. The van der Waals surface area contributed by atoms with Gasteiger partial charge in [-0.25, -0.2) is 4.79 Å². The number of nitrogens with one attached hydrogen (secondary N) is 2. The van der Waals surface area contributed by atoms with Crippen LogP contribution in [0.2, 0.25) is 0 Å². The Labute approximate surface area is 137 Å². The quantitative estimate of drug-likeness (QED) is 0.763. The van der Waals surface area contributed by atoms with Crippen molar-refractivity contribution in [3.8, 4) is 16.2 Å². The summed E-state index contributed by atoms with van der Waals surface area (Å²) in [5, 5.41) is 9.35. The summed E-state index contributed by atoms with van der Waals surface area (Å²) in [7, 11) is 1.58. The molecule has 1 aromatic heterocycles. The Bertz CT molecular complexity index is 788. The standard InChI is InChI=1S/C16H14N4O2S/c1-22-14-4-2-3-13(9-14)19-16(21)18-12-7-5-11(6-8-12)15-10-17-20-23-15/h2-10H,1H3,(H2,18,19,21). The summed E-state index contributed by atoms with van der Waals surface area (Å²) in [6.45, 7) is 0. The fourth-order valence-electron chi connectivity index (χ4n) is 2.01. The highest BCUT2D eigenvalue weighted by atomic mass is 32.1. The van der Waals surface area contributed by atoms with Gasteiger partial charge in [-0.1, -0.05) is 22.7 Å². The van der Waals surface area contributed by atoms with E-state index in [2.05, 4.69) is 20.2 Å². The number of methoxy groups -OCH3 is 1. The molecule has 0 spiro atoms. The van der Waals surface area contributed by atoms with Gasteiger partial charge in [-0.15, -0.1) is 5.10 Å². The Morgan fingerprint density at radius 3 is 2.57 bits per heavy atom. The molecule has 0 bridgehead atoms. The van der Waals surface area contributed by atoms with Crippen LogP contribution >= 0.6 is 11.5 Å². The molecule has 0 aliphatic heterocycles. The molecule has 3 rings (SSSR count). The number of nitrogens with zero attached hydrogens (tertiary/aromatic N) is 2. The summed E-state index contributed by atoms with van der Waals surface area (Å²) in [5.41, 5.74) is 2.37. The first-order chi connectivity index (χ1) is 11.2.